The second-order valence-electron chi connectivity index (χ2n) is 7.26. The average Bonchev–Trinajstić information content (AvgIpc) is 3.23. The number of ether oxygens (including phenoxy) is 2. The van der Waals surface area contributed by atoms with Gasteiger partial charge in [0.1, 0.15) is 11.4 Å². The van der Waals surface area contributed by atoms with E-state index in [0.29, 0.717) is 13.2 Å². The first-order chi connectivity index (χ1) is 12.7. The van der Waals surface area contributed by atoms with Crippen molar-refractivity contribution in [2.45, 2.75) is 31.1 Å². The molecule has 2 aromatic heterocycles. The molecule has 7 nitrogen and oxygen atoms in total. The fraction of sp³-hybridized carbons (Fsp3) is 0.579. The summed E-state index contributed by atoms with van der Waals surface area (Å²) >= 11 is 0. The molecule has 0 unspecified atom stereocenters. The molecular formula is C19H26N4O3. The predicted octanol–water partition coefficient (Wildman–Crippen LogP) is 1.96. The maximum atomic E-state index is 6.52. The highest BCUT2D eigenvalue weighted by Crippen LogP contribution is 2.34. The van der Waals surface area contributed by atoms with Gasteiger partial charge in [0.25, 0.3) is 0 Å². The minimum Gasteiger partial charge on any atom is -0.468 e. The predicted molar refractivity (Wildman–Crippen MR) is 96.9 cm³/mol. The SMILES string of the molecule is CN(Cc1ccco1)C[C@@H]1CC[C@]2(COCCN(c3ncccn3)C2)O1. The maximum Gasteiger partial charge on any atom is 0.225 e. The molecule has 2 atom stereocenters. The van der Waals surface area contributed by atoms with Gasteiger partial charge in [-0.1, -0.05) is 0 Å². The topological polar surface area (TPSA) is 63.9 Å². The van der Waals surface area contributed by atoms with Crippen LogP contribution in [0.3, 0.4) is 0 Å². The third kappa shape index (κ3) is 4.06. The molecule has 2 aliphatic heterocycles. The van der Waals surface area contributed by atoms with Crippen molar-refractivity contribution in [1.82, 2.24) is 14.9 Å². The molecule has 2 saturated heterocycles. The minimum absolute atomic E-state index is 0.204. The first kappa shape index (κ1) is 17.5. The number of rotatable bonds is 5. The van der Waals surface area contributed by atoms with Gasteiger partial charge in [-0.2, -0.15) is 0 Å². The molecule has 0 aliphatic carbocycles. The van der Waals surface area contributed by atoms with Crippen molar-refractivity contribution in [1.29, 1.82) is 0 Å². The van der Waals surface area contributed by atoms with Crippen molar-refractivity contribution in [3.05, 3.63) is 42.6 Å². The zero-order chi connectivity index (χ0) is 17.8. The van der Waals surface area contributed by atoms with Crippen molar-refractivity contribution in [3.8, 4) is 0 Å². The van der Waals surface area contributed by atoms with Crippen LogP contribution in [-0.2, 0) is 16.0 Å². The smallest absolute Gasteiger partial charge is 0.225 e. The van der Waals surface area contributed by atoms with E-state index in [1.165, 1.54) is 0 Å². The number of nitrogens with zero attached hydrogens (tertiary/aromatic N) is 4. The zero-order valence-corrected chi connectivity index (χ0v) is 15.2. The molecule has 7 heteroatoms. The molecule has 2 fully saturated rings. The van der Waals surface area contributed by atoms with Crippen LogP contribution in [0.15, 0.2) is 41.3 Å². The van der Waals surface area contributed by atoms with Gasteiger partial charge in [0.15, 0.2) is 0 Å². The second kappa shape index (κ2) is 7.73. The summed E-state index contributed by atoms with van der Waals surface area (Å²) in [4.78, 5) is 13.2. The Morgan fingerprint density at radius 3 is 3.00 bits per heavy atom. The average molecular weight is 358 g/mol. The van der Waals surface area contributed by atoms with Crippen molar-refractivity contribution in [2.75, 3.05) is 44.8 Å². The van der Waals surface area contributed by atoms with Crippen LogP contribution in [-0.4, -0.2) is 66.5 Å². The van der Waals surface area contributed by atoms with Crippen LogP contribution >= 0.6 is 0 Å². The largest absolute Gasteiger partial charge is 0.468 e. The van der Waals surface area contributed by atoms with Gasteiger partial charge >= 0.3 is 0 Å². The standard InChI is InChI=1S/C19H26N4O3/c1-22(12-16-4-2-10-25-16)13-17-5-6-19(26-17)14-23(9-11-24-15-19)18-20-7-3-8-21-18/h2-4,7-8,10,17H,5-6,9,11-15H2,1H3/t17-,19-/m0/s1. The van der Waals surface area contributed by atoms with E-state index in [2.05, 4.69) is 26.8 Å². The highest BCUT2D eigenvalue weighted by molar-refractivity contribution is 5.30. The normalized spacial score (nSPS) is 26.5. The van der Waals surface area contributed by atoms with E-state index in [4.69, 9.17) is 13.9 Å². The molecule has 0 radical (unpaired) electrons. The van der Waals surface area contributed by atoms with Gasteiger partial charge in [-0.05, 0) is 38.1 Å². The monoisotopic (exact) mass is 358 g/mol. The van der Waals surface area contributed by atoms with Crippen molar-refractivity contribution in [3.63, 3.8) is 0 Å². The lowest BCUT2D eigenvalue weighted by molar-refractivity contribution is -0.0822. The van der Waals surface area contributed by atoms with Crippen LogP contribution in [0, 0.1) is 0 Å². The van der Waals surface area contributed by atoms with E-state index in [0.717, 1.165) is 50.7 Å². The second-order valence-corrected chi connectivity index (χ2v) is 7.26. The quantitative estimate of drug-likeness (QED) is 0.809. The van der Waals surface area contributed by atoms with Crippen LogP contribution in [0.2, 0.25) is 0 Å². The number of aromatic nitrogens is 2. The highest BCUT2D eigenvalue weighted by Gasteiger charge is 2.43. The molecule has 0 aromatic carbocycles. The lowest BCUT2D eigenvalue weighted by Crippen LogP contribution is -2.45. The number of hydrogen-bond acceptors (Lipinski definition) is 7. The van der Waals surface area contributed by atoms with Gasteiger partial charge in [-0.15, -0.1) is 0 Å². The summed E-state index contributed by atoms with van der Waals surface area (Å²) in [6, 6.07) is 5.77. The summed E-state index contributed by atoms with van der Waals surface area (Å²) in [5, 5.41) is 0. The molecule has 0 bridgehead atoms. The molecule has 140 valence electrons. The summed E-state index contributed by atoms with van der Waals surface area (Å²) in [6.45, 7) is 4.54. The Labute approximate surface area is 153 Å². The van der Waals surface area contributed by atoms with Gasteiger partial charge < -0.3 is 18.8 Å². The summed E-state index contributed by atoms with van der Waals surface area (Å²) in [7, 11) is 2.10. The summed E-state index contributed by atoms with van der Waals surface area (Å²) in [5.41, 5.74) is -0.272. The summed E-state index contributed by atoms with van der Waals surface area (Å²) in [6.07, 6.45) is 7.51. The molecular weight excluding hydrogens is 332 g/mol. The van der Waals surface area contributed by atoms with Crippen LogP contribution < -0.4 is 4.90 Å². The van der Waals surface area contributed by atoms with E-state index in [1.807, 2.05) is 18.2 Å². The summed E-state index contributed by atoms with van der Waals surface area (Å²) < 4.78 is 17.8. The minimum atomic E-state index is -0.272. The van der Waals surface area contributed by atoms with E-state index in [9.17, 15) is 0 Å². The van der Waals surface area contributed by atoms with Gasteiger partial charge in [0, 0.05) is 25.5 Å². The van der Waals surface area contributed by atoms with Crippen LogP contribution in [0.25, 0.3) is 0 Å². The van der Waals surface area contributed by atoms with Crippen LogP contribution in [0.4, 0.5) is 5.95 Å². The van der Waals surface area contributed by atoms with Gasteiger partial charge in [-0.3, -0.25) is 4.90 Å². The molecule has 2 aromatic rings. The molecule has 0 N–H and O–H groups in total. The Balaban J connectivity index is 1.37. The van der Waals surface area contributed by atoms with E-state index in [1.54, 1.807) is 18.7 Å². The number of hydrogen-bond donors (Lipinski definition) is 0. The first-order valence-electron chi connectivity index (χ1n) is 9.21. The van der Waals surface area contributed by atoms with E-state index in [-0.39, 0.29) is 11.7 Å². The Bertz CT molecular complexity index is 681. The van der Waals surface area contributed by atoms with Gasteiger partial charge in [-0.25, -0.2) is 9.97 Å². The van der Waals surface area contributed by atoms with Crippen LogP contribution in [0.5, 0.6) is 0 Å². The number of furan rings is 1. The molecule has 26 heavy (non-hydrogen) atoms. The Morgan fingerprint density at radius 1 is 1.31 bits per heavy atom. The third-order valence-corrected chi connectivity index (χ3v) is 5.04. The highest BCUT2D eigenvalue weighted by atomic mass is 16.6. The fourth-order valence-electron chi connectivity index (χ4n) is 3.86. The summed E-state index contributed by atoms with van der Waals surface area (Å²) in [5.74, 6) is 1.73. The maximum absolute atomic E-state index is 6.52. The van der Waals surface area contributed by atoms with Crippen molar-refractivity contribution in [2.24, 2.45) is 0 Å². The molecule has 4 heterocycles. The van der Waals surface area contributed by atoms with Crippen molar-refractivity contribution < 1.29 is 13.9 Å². The van der Waals surface area contributed by atoms with Crippen molar-refractivity contribution >= 4 is 5.95 Å². The lowest BCUT2D eigenvalue weighted by atomic mass is 10.00. The molecule has 2 aliphatic rings. The van der Waals surface area contributed by atoms with Crippen LogP contribution in [0.1, 0.15) is 18.6 Å². The molecule has 0 saturated carbocycles. The first-order valence-corrected chi connectivity index (χ1v) is 9.21. The number of anilines is 1. The molecule has 1 spiro atoms. The number of likely N-dealkylation sites (N-methyl/N-ethyl adjacent to an activating group) is 1. The van der Waals surface area contributed by atoms with E-state index >= 15 is 0 Å². The third-order valence-electron chi connectivity index (χ3n) is 5.04. The Hall–Kier alpha value is -1.96. The van der Waals surface area contributed by atoms with E-state index < -0.39 is 0 Å². The Kier molecular flexibility index (Phi) is 5.19. The lowest BCUT2D eigenvalue weighted by Gasteiger charge is -2.32. The molecule has 4 rings (SSSR count). The van der Waals surface area contributed by atoms with Gasteiger partial charge in [0.2, 0.25) is 5.95 Å². The van der Waals surface area contributed by atoms with Gasteiger partial charge in [0.05, 0.1) is 38.7 Å². The zero-order valence-electron chi connectivity index (χ0n) is 15.2. The fourth-order valence-corrected chi connectivity index (χ4v) is 3.86. The Morgan fingerprint density at radius 2 is 2.19 bits per heavy atom. The molecule has 0 amide bonds.